The van der Waals surface area contributed by atoms with Crippen molar-refractivity contribution in [2.45, 2.75) is 18.7 Å². The summed E-state index contributed by atoms with van der Waals surface area (Å²) in [5.74, 6) is -1.00. The van der Waals surface area contributed by atoms with Crippen LogP contribution in [-0.2, 0) is 21.4 Å². The first-order valence-corrected chi connectivity index (χ1v) is 8.59. The van der Waals surface area contributed by atoms with E-state index in [1.54, 1.807) is 30.8 Å². The molecule has 9 nitrogen and oxygen atoms in total. The van der Waals surface area contributed by atoms with E-state index >= 15 is 0 Å². The standard InChI is InChI=1S/C16H18N4O5S/c1-10-16(11(2)19(3)18-10)17-14(21)8-25-15(22)9-26-13-6-4-12(5-7-13)20(23)24/h4-7H,8-9H2,1-3H3,(H,17,21). The number of anilines is 1. The molecule has 0 spiro atoms. The molecule has 0 unspecified atom stereocenters. The van der Waals surface area contributed by atoms with Gasteiger partial charge in [-0.15, -0.1) is 11.8 Å². The number of aromatic nitrogens is 2. The Morgan fingerprint density at radius 3 is 2.50 bits per heavy atom. The zero-order valence-corrected chi connectivity index (χ0v) is 15.3. The van der Waals surface area contributed by atoms with E-state index in [0.717, 1.165) is 5.69 Å². The van der Waals surface area contributed by atoms with Crippen molar-refractivity contribution in [3.05, 3.63) is 45.8 Å². The van der Waals surface area contributed by atoms with Gasteiger partial charge in [0.05, 0.1) is 27.8 Å². The number of amides is 1. The average Bonchev–Trinajstić information content (AvgIpc) is 2.84. The number of rotatable bonds is 7. The molecule has 10 heteroatoms. The minimum Gasteiger partial charge on any atom is -0.455 e. The molecule has 0 aliphatic heterocycles. The average molecular weight is 378 g/mol. The molecule has 1 aromatic heterocycles. The molecular formula is C16H18N4O5S. The lowest BCUT2D eigenvalue weighted by molar-refractivity contribution is -0.384. The number of hydrogen-bond acceptors (Lipinski definition) is 7. The second-order valence-corrected chi connectivity index (χ2v) is 6.47. The van der Waals surface area contributed by atoms with Gasteiger partial charge in [-0.3, -0.25) is 24.4 Å². The summed E-state index contributed by atoms with van der Waals surface area (Å²) in [6, 6.07) is 5.83. The van der Waals surface area contributed by atoms with Crippen LogP contribution >= 0.6 is 11.8 Å². The number of nitrogens with one attached hydrogen (secondary N) is 1. The first-order chi connectivity index (χ1) is 12.3. The molecule has 0 atom stereocenters. The summed E-state index contributed by atoms with van der Waals surface area (Å²) in [4.78, 5) is 34.4. The van der Waals surface area contributed by atoms with E-state index in [2.05, 4.69) is 10.4 Å². The van der Waals surface area contributed by atoms with Crippen LogP contribution in [0.3, 0.4) is 0 Å². The summed E-state index contributed by atoms with van der Waals surface area (Å²) >= 11 is 1.17. The van der Waals surface area contributed by atoms with Crippen molar-refractivity contribution < 1.29 is 19.2 Å². The third-order valence-electron chi connectivity index (χ3n) is 3.54. The van der Waals surface area contributed by atoms with E-state index in [1.807, 2.05) is 6.92 Å². The van der Waals surface area contributed by atoms with Gasteiger partial charge in [-0.25, -0.2) is 0 Å². The smallest absolute Gasteiger partial charge is 0.316 e. The van der Waals surface area contributed by atoms with Crippen molar-refractivity contribution in [3.63, 3.8) is 0 Å². The SMILES string of the molecule is Cc1nn(C)c(C)c1NC(=O)COC(=O)CSc1ccc([N+](=O)[O-])cc1. The van der Waals surface area contributed by atoms with E-state index in [4.69, 9.17) is 4.74 Å². The predicted octanol–water partition coefficient (Wildman–Crippen LogP) is 2.22. The summed E-state index contributed by atoms with van der Waals surface area (Å²) in [6.07, 6.45) is 0. The summed E-state index contributed by atoms with van der Waals surface area (Å²) in [5.41, 5.74) is 2.07. The predicted molar refractivity (Wildman–Crippen MR) is 96.1 cm³/mol. The fraction of sp³-hybridized carbons (Fsp3) is 0.312. The van der Waals surface area contributed by atoms with Gasteiger partial charge in [-0.2, -0.15) is 5.10 Å². The first-order valence-electron chi connectivity index (χ1n) is 7.61. The van der Waals surface area contributed by atoms with Crippen molar-refractivity contribution in [2.75, 3.05) is 17.7 Å². The summed E-state index contributed by atoms with van der Waals surface area (Å²) in [7, 11) is 1.77. The fourth-order valence-corrected chi connectivity index (χ4v) is 2.82. The van der Waals surface area contributed by atoms with Crippen LogP contribution in [-0.4, -0.2) is 38.9 Å². The second kappa shape index (κ2) is 8.48. The number of esters is 1. The Balaban J connectivity index is 1.77. The molecule has 0 aliphatic rings. The zero-order valence-electron chi connectivity index (χ0n) is 14.5. The zero-order chi connectivity index (χ0) is 19.3. The number of aryl methyl sites for hydroxylation is 2. The minimum absolute atomic E-state index is 0.00393. The van der Waals surface area contributed by atoms with Crippen molar-refractivity contribution in [2.24, 2.45) is 7.05 Å². The quantitative estimate of drug-likeness (QED) is 0.340. The third kappa shape index (κ3) is 5.06. The summed E-state index contributed by atoms with van der Waals surface area (Å²) in [6.45, 7) is 3.20. The Hall–Kier alpha value is -2.88. The maximum Gasteiger partial charge on any atom is 0.316 e. The number of nitrogens with zero attached hydrogens (tertiary/aromatic N) is 3. The molecule has 0 saturated heterocycles. The lowest BCUT2D eigenvalue weighted by Gasteiger charge is -2.07. The van der Waals surface area contributed by atoms with Gasteiger partial charge in [-0.1, -0.05) is 0 Å². The van der Waals surface area contributed by atoms with Crippen molar-refractivity contribution in [3.8, 4) is 0 Å². The van der Waals surface area contributed by atoms with Crippen molar-refractivity contribution >= 4 is 35.0 Å². The molecular weight excluding hydrogens is 360 g/mol. The van der Waals surface area contributed by atoms with Gasteiger partial charge in [0.15, 0.2) is 6.61 Å². The normalized spacial score (nSPS) is 10.4. The highest BCUT2D eigenvalue weighted by atomic mass is 32.2. The minimum atomic E-state index is -0.553. The molecule has 0 saturated carbocycles. The number of ether oxygens (including phenoxy) is 1. The first kappa shape index (κ1) is 19.4. The highest BCUT2D eigenvalue weighted by molar-refractivity contribution is 8.00. The number of nitro groups is 1. The summed E-state index contributed by atoms with van der Waals surface area (Å²) < 4.78 is 6.59. The van der Waals surface area contributed by atoms with Crippen LogP contribution < -0.4 is 5.32 Å². The molecule has 2 rings (SSSR count). The number of hydrogen-bond donors (Lipinski definition) is 1. The van der Waals surface area contributed by atoms with Gasteiger partial charge < -0.3 is 10.1 Å². The van der Waals surface area contributed by atoms with Gasteiger partial charge in [0.25, 0.3) is 11.6 Å². The number of non-ortho nitro benzene ring substituents is 1. The van der Waals surface area contributed by atoms with Crippen LogP contribution in [0.25, 0.3) is 0 Å². The Kier molecular flexibility index (Phi) is 6.34. The molecule has 2 aromatic rings. The topological polar surface area (TPSA) is 116 Å². The molecule has 1 aromatic carbocycles. The van der Waals surface area contributed by atoms with Crippen molar-refractivity contribution in [1.82, 2.24) is 9.78 Å². The van der Waals surface area contributed by atoms with Gasteiger partial charge in [0.2, 0.25) is 0 Å². The fourth-order valence-electron chi connectivity index (χ4n) is 2.12. The Labute approximate surface area is 153 Å². The lowest BCUT2D eigenvalue weighted by atomic mass is 10.3. The molecule has 0 fully saturated rings. The van der Waals surface area contributed by atoms with Gasteiger partial charge in [0.1, 0.15) is 0 Å². The van der Waals surface area contributed by atoms with Gasteiger partial charge in [0, 0.05) is 24.1 Å². The number of carbonyl (C=O) groups excluding carboxylic acids is 2. The van der Waals surface area contributed by atoms with Gasteiger partial charge >= 0.3 is 5.97 Å². The van der Waals surface area contributed by atoms with E-state index in [1.165, 1.54) is 23.9 Å². The van der Waals surface area contributed by atoms with Crippen molar-refractivity contribution in [1.29, 1.82) is 0 Å². The molecule has 138 valence electrons. The van der Waals surface area contributed by atoms with E-state index in [9.17, 15) is 19.7 Å². The van der Waals surface area contributed by atoms with Crippen LogP contribution in [0.1, 0.15) is 11.4 Å². The van der Waals surface area contributed by atoms with Gasteiger partial charge in [-0.05, 0) is 26.0 Å². The van der Waals surface area contributed by atoms with Crippen LogP contribution in [0.4, 0.5) is 11.4 Å². The van der Waals surface area contributed by atoms with E-state index < -0.39 is 23.4 Å². The second-order valence-electron chi connectivity index (χ2n) is 5.42. The lowest BCUT2D eigenvalue weighted by Crippen LogP contribution is -2.22. The van der Waals surface area contributed by atoms with E-state index in [-0.39, 0.29) is 11.4 Å². The van der Waals surface area contributed by atoms with Crippen LogP contribution in [0.2, 0.25) is 0 Å². The molecule has 0 radical (unpaired) electrons. The molecule has 0 bridgehead atoms. The molecule has 0 aliphatic carbocycles. The number of nitro benzene ring substituents is 1. The monoisotopic (exact) mass is 378 g/mol. The van der Waals surface area contributed by atoms with Crippen LogP contribution in [0.5, 0.6) is 0 Å². The summed E-state index contributed by atoms with van der Waals surface area (Å²) in [5, 5.41) is 17.4. The maximum atomic E-state index is 11.9. The molecule has 1 N–H and O–H groups in total. The Morgan fingerprint density at radius 2 is 1.96 bits per heavy atom. The largest absolute Gasteiger partial charge is 0.455 e. The number of thioether (sulfide) groups is 1. The van der Waals surface area contributed by atoms with E-state index in [0.29, 0.717) is 16.3 Å². The van der Waals surface area contributed by atoms with Crippen LogP contribution in [0.15, 0.2) is 29.2 Å². The molecule has 1 heterocycles. The number of benzene rings is 1. The third-order valence-corrected chi connectivity index (χ3v) is 4.53. The highest BCUT2D eigenvalue weighted by Gasteiger charge is 2.14. The maximum absolute atomic E-state index is 11.9. The number of carbonyl (C=O) groups is 2. The molecule has 1 amide bonds. The van der Waals surface area contributed by atoms with Crippen LogP contribution in [0, 0.1) is 24.0 Å². The highest BCUT2D eigenvalue weighted by Crippen LogP contribution is 2.21. The Bertz CT molecular complexity index is 832. The molecule has 26 heavy (non-hydrogen) atoms. The Morgan fingerprint density at radius 1 is 1.31 bits per heavy atom.